The highest BCUT2D eigenvalue weighted by atomic mass is 35.5. The van der Waals surface area contributed by atoms with Crippen LogP contribution in [0, 0.1) is 5.82 Å². The molecular formula is C14H12ClFN2O3. The molecule has 0 aliphatic rings. The van der Waals surface area contributed by atoms with Crippen LogP contribution < -0.4 is 5.32 Å². The molecule has 1 aromatic carbocycles. The topological polar surface area (TPSA) is 71.3 Å². The van der Waals surface area contributed by atoms with Gasteiger partial charge in [0.25, 0.3) is 5.91 Å². The summed E-state index contributed by atoms with van der Waals surface area (Å²) in [6.07, 6.45) is 1.51. The standard InChI is InChI=1S/C14H12ClFN2O3/c15-10-6-9(3-4-11(10)16)7-17-14(21)12-2-1-5-18(12)8-13(19)20/h1-6H,7-8H2,(H,17,21)(H,19,20). The largest absolute Gasteiger partial charge is 0.480 e. The SMILES string of the molecule is O=C(O)Cn1cccc1C(=O)NCc1ccc(F)c(Cl)c1. The Hall–Kier alpha value is -2.34. The van der Waals surface area contributed by atoms with Gasteiger partial charge in [0, 0.05) is 12.7 Å². The summed E-state index contributed by atoms with van der Waals surface area (Å²) < 4.78 is 14.3. The Kier molecular flexibility index (Phi) is 4.59. The summed E-state index contributed by atoms with van der Waals surface area (Å²) >= 11 is 5.65. The summed E-state index contributed by atoms with van der Waals surface area (Å²) in [5.41, 5.74) is 0.886. The van der Waals surface area contributed by atoms with Crippen LogP contribution in [-0.4, -0.2) is 21.6 Å². The molecule has 0 radical (unpaired) electrons. The van der Waals surface area contributed by atoms with Gasteiger partial charge in [0.15, 0.2) is 0 Å². The smallest absolute Gasteiger partial charge is 0.323 e. The van der Waals surface area contributed by atoms with Crippen LogP contribution in [0.15, 0.2) is 36.5 Å². The van der Waals surface area contributed by atoms with Crippen molar-refractivity contribution in [3.63, 3.8) is 0 Å². The molecule has 0 saturated heterocycles. The second-order valence-corrected chi connectivity index (χ2v) is 4.75. The summed E-state index contributed by atoms with van der Waals surface area (Å²) in [6, 6.07) is 7.27. The minimum atomic E-state index is -1.04. The van der Waals surface area contributed by atoms with Gasteiger partial charge in [-0.15, -0.1) is 0 Å². The molecule has 5 nitrogen and oxygen atoms in total. The number of rotatable bonds is 5. The van der Waals surface area contributed by atoms with Crippen molar-refractivity contribution in [3.05, 3.63) is 58.6 Å². The van der Waals surface area contributed by atoms with Crippen molar-refractivity contribution in [2.45, 2.75) is 13.1 Å². The number of hydrogen-bond acceptors (Lipinski definition) is 2. The maximum absolute atomic E-state index is 13.0. The molecule has 0 fully saturated rings. The lowest BCUT2D eigenvalue weighted by Gasteiger charge is -2.08. The number of carboxylic acids is 1. The number of carbonyl (C=O) groups excluding carboxylic acids is 1. The molecular weight excluding hydrogens is 299 g/mol. The zero-order valence-corrected chi connectivity index (χ0v) is 11.6. The molecule has 1 heterocycles. The first-order valence-corrected chi connectivity index (χ1v) is 6.44. The second-order valence-electron chi connectivity index (χ2n) is 4.35. The first kappa shape index (κ1) is 15.1. The van der Waals surface area contributed by atoms with Crippen molar-refractivity contribution in [1.82, 2.24) is 9.88 Å². The highest BCUT2D eigenvalue weighted by Crippen LogP contribution is 2.16. The van der Waals surface area contributed by atoms with E-state index in [1.54, 1.807) is 6.07 Å². The monoisotopic (exact) mass is 310 g/mol. The normalized spacial score (nSPS) is 10.4. The molecule has 1 aromatic heterocycles. The first-order valence-electron chi connectivity index (χ1n) is 6.06. The Morgan fingerprint density at radius 2 is 2.10 bits per heavy atom. The van der Waals surface area contributed by atoms with E-state index in [2.05, 4.69) is 5.32 Å². The van der Waals surface area contributed by atoms with E-state index in [0.29, 0.717) is 5.56 Å². The molecule has 2 N–H and O–H groups in total. The second kappa shape index (κ2) is 6.41. The van der Waals surface area contributed by atoms with Crippen LogP contribution >= 0.6 is 11.6 Å². The van der Waals surface area contributed by atoms with E-state index in [-0.39, 0.29) is 23.8 Å². The van der Waals surface area contributed by atoms with E-state index in [0.717, 1.165) is 0 Å². The van der Waals surface area contributed by atoms with Gasteiger partial charge in [0.05, 0.1) is 5.02 Å². The third-order valence-corrected chi connectivity index (χ3v) is 3.09. The van der Waals surface area contributed by atoms with Gasteiger partial charge in [-0.05, 0) is 29.8 Å². The van der Waals surface area contributed by atoms with Crippen LogP contribution in [0.25, 0.3) is 0 Å². The summed E-state index contributed by atoms with van der Waals surface area (Å²) in [6.45, 7) is -0.130. The summed E-state index contributed by atoms with van der Waals surface area (Å²) in [5, 5.41) is 11.4. The van der Waals surface area contributed by atoms with Crippen LogP contribution in [-0.2, 0) is 17.9 Å². The number of carboxylic acid groups (broad SMARTS) is 1. The lowest BCUT2D eigenvalue weighted by atomic mass is 10.2. The van der Waals surface area contributed by atoms with Gasteiger partial charge in [0.1, 0.15) is 18.1 Å². The minimum Gasteiger partial charge on any atom is -0.480 e. The van der Waals surface area contributed by atoms with E-state index in [1.165, 1.54) is 35.0 Å². The molecule has 2 rings (SSSR count). The predicted octanol–water partition coefficient (Wildman–Crippen LogP) is 2.30. The minimum absolute atomic E-state index is 0.0176. The fourth-order valence-electron chi connectivity index (χ4n) is 1.83. The highest BCUT2D eigenvalue weighted by Gasteiger charge is 2.12. The average Bonchev–Trinajstić information content (AvgIpc) is 2.87. The van der Waals surface area contributed by atoms with Gasteiger partial charge in [0.2, 0.25) is 0 Å². The van der Waals surface area contributed by atoms with E-state index >= 15 is 0 Å². The molecule has 0 aliphatic carbocycles. The Morgan fingerprint density at radius 3 is 2.76 bits per heavy atom. The fraction of sp³-hybridized carbons (Fsp3) is 0.143. The first-order chi connectivity index (χ1) is 9.97. The highest BCUT2D eigenvalue weighted by molar-refractivity contribution is 6.30. The number of amides is 1. The van der Waals surface area contributed by atoms with Crippen molar-refractivity contribution in [2.75, 3.05) is 0 Å². The molecule has 0 spiro atoms. The Balaban J connectivity index is 2.03. The third-order valence-electron chi connectivity index (χ3n) is 2.80. The molecule has 7 heteroatoms. The molecule has 0 bridgehead atoms. The van der Waals surface area contributed by atoms with Gasteiger partial charge in [-0.2, -0.15) is 0 Å². The zero-order chi connectivity index (χ0) is 15.4. The molecule has 0 atom stereocenters. The van der Waals surface area contributed by atoms with Gasteiger partial charge in [-0.1, -0.05) is 17.7 Å². The van der Waals surface area contributed by atoms with E-state index < -0.39 is 17.7 Å². The lowest BCUT2D eigenvalue weighted by Crippen LogP contribution is -2.26. The van der Waals surface area contributed by atoms with E-state index in [1.807, 2.05) is 0 Å². The van der Waals surface area contributed by atoms with Crippen molar-refractivity contribution in [3.8, 4) is 0 Å². The fourth-order valence-corrected chi connectivity index (χ4v) is 2.03. The van der Waals surface area contributed by atoms with Crippen LogP contribution in [0.4, 0.5) is 4.39 Å². The van der Waals surface area contributed by atoms with Crippen molar-refractivity contribution in [1.29, 1.82) is 0 Å². The Morgan fingerprint density at radius 1 is 1.33 bits per heavy atom. The third kappa shape index (κ3) is 3.82. The predicted molar refractivity (Wildman–Crippen MR) is 74.6 cm³/mol. The number of halogens is 2. The molecule has 0 unspecified atom stereocenters. The number of benzene rings is 1. The number of aliphatic carboxylic acids is 1. The molecule has 2 aromatic rings. The van der Waals surface area contributed by atoms with Crippen LogP contribution in [0.2, 0.25) is 5.02 Å². The Bertz CT molecular complexity index is 685. The summed E-state index contributed by atoms with van der Waals surface area (Å²) in [4.78, 5) is 22.7. The van der Waals surface area contributed by atoms with Gasteiger partial charge >= 0.3 is 5.97 Å². The summed E-state index contributed by atoms with van der Waals surface area (Å²) in [7, 11) is 0. The number of nitrogens with zero attached hydrogens (tertiary/aromatic N) is 1. The maximum atomic E-state index is 13.0. The number of nitrogens with one attached hydrogen (secondary N) is 1. The van der Waals surface area contributed by atoms with Crippen LogP contribution in [0.3, 0.4) is 0 Å². The number of carbonyl (C=O) groups is 2. The molecule has 21 heavy (non-hydrogen) atoms. The zero-order valence-electron chi connectivity index (χ0n) is 10.8. The maximum Gasteiger partial charge on any atom is 0.323 e. The van der Waals surface area contributed by atoms with E-state index in [4.69, 9.17) is 16.7 Å². The summed E-state index contributed by atoms with van der Waals surface area (Å²) in [5.74, 6) is -1.98. The van der Waals surface area contributed by atoms with Gasteiger partial charge in [-0.25, -0.2) is 4.39 Å². The van der Waals surface area contributed by atoms with E-state index in [9.17, 15) is 14.0 Å². The Labute approximate surface area is 125 Å². The van der Waals surface area contributed by atoms with Crippen LogP contribution in [0.1, 0.15) is 16.1 Å². The van der Waals surface area contributed by atoms with Crippen molar-refractivity contribution in [2.24, 2.45) is 0 Å². The average molecular weight is 311 g/mol. The molecule has 110 valence electrons. The molecule has 1 amide bonds. The number of hydrogen-bond donors (Lipinski definition) is 2. The number of aromatic nitrogens is 1. The van der Waals surface area contributed by atoms with Gasteiger partial charge in [-0.3, -0.25) is 9.59 Å². The molecule has 0 saturated carbocycles. The quantitative estimate of drug-likeness (QED) is 0.890. The van der Waals surface area contributed by atoms with Crippen molar-refractivity contribution >= 4 is 23.5 Å². The van der Waals surface area contributed by atoms with Crippen molar-refractivity contribution < 1.29 is 19.1 Å². The molecule has 0 aliphatic heterocycles. The van der Waals surface area contributed by atoms with Crippen LogP contribution in [0.5, 0.6) is 0 Å². The lowest BCUT2D eigenvalue weighted by molar-refractivity contribution is -0.137. The van der Waals surface area contributed by atoms with Gasteiger partial charge < -0.3 is 15.0 Å².